The fourth-order valence-electron chi connectivity index (χ4n) is 4.09. The summed E-state index contributed by atoms with van der Waals surface area (Å²) in [6.45, 7) is 1.33. The molecule has 0 radical (unpaired) electrons. The van der Waals surface area contributed by atoms with E-state index in [0.717, 1.165) is 29.2 Å². The Morgan fingerprint density at radius 1 is 0.867 bits per heavy atom. The summed E-state index contributed by atoms with van der Waals surface area (Å²) in [5.41, 5.74) is 3.09. The number of benzene rings is 2. The molecule has 6 heteroatoms. The number of rotatable bonds is 4. The largest absolute Gasteiger partial charge is 0.548 e. The molecule has 0 atom stereocenters. The minimum atomic E-state index is -1.47. The highest BCUT2D eigenvalue weighted by atomic mass is 16.4. The molecular weight excluding hydrogens is 380 g/mol. The average molecular weight is 403 g/mol. The number of nitrogens with zero attached hydrogens (tertiary/aromatic N) is 2. The smallest absolute Gasteiger partial charge is 0.261 e. The van der Waals surface area contributed by atoms with Gasteiger partial charge in [-0.3, -0.25) is 14.5 Å². The van der Waals surface area contributed by atoms with Crippen LogP contribution in [0.2, 0.25) is 0 Å². The molecule has 0 N–H and O–H groups in total. The molecule has 2 aliphatic heterocycles. The molecule has 2 heterocycles. The number of carboxylic acid groups (broad SMARTS) is 1. The summed E-state index contributed by atoms with van der Waals surface area (Å²) in [5, 5.41) is 11.1. The summed E-state index contributed by atoms with van der Waals surface area (Å²) in [6.07, 6.45) is 6.63. The SMILES string of the molecule is O=C([O-])CN1C(=O)/C(=C\c2ccc(N3CCCCCC3)cc2)c2ccccc2C1=O. The number of carboxylic acids is 1. The fraction of sp³-hybridized carbons (Fsp3) is 0.292. The summed E-state index contributed by atoms with van der Waals surface area (Å²) in [5.74, 6) is -2.72. The molecule has 2 aromatic rings. The molecule has 1 fully saturated rings. The van der Waals surface area contributed by atoms with Gasteiger partial charge in [-0.1, -0.05) is 43.2 Å². The number of carbonyl (C=O) groups is 3. The normalized spacial score (nSPS) is 18.3. The van der Waals surface area contributed by atoms with Gasteiger partial charge in [-0.05, 0) is 48.2 Å². The number of hydrogen-bond donors (Lipinski definition) is 0. The predicted octanol–water partition coefficient (Wildman–Crippen LogP) is 2.34. The highest BCUT2D eigenvalue weighted by molar-refractivity contribution is 6.34. The number of aliphatic carboxylic acids is 1. The van der Waals surface area contributed by atoms with Crippen molar-refractivity contribution in [3.8, 4) is 0 Å². The van der Waals surface area contributed by atoms with E-state index >= 15 is 0 Å². The van der Waals surface area contributed by atoms with Crippen LogP contribution in [-0.4, -0.2) is 42.3 Å². The van der Waals surface area contributed by atoms with Crippen molar-refractivity contribution in [3.63, 3.8) is 0 Å². The number of amides is 2. The Balaban J connectivity index is 1.67. The lowest BCUT2D eigenvalue weighted by Gasteiger charge is -2.29. The Kier molecular flexibility index (Phi) is 5.65. The summed E-state index contributed by atoms with van der Waals surface area (Å²) in [6, 6.07) is 14.7. The van der Waals surface area contributed by atoms with E-state index in [4.69, 9.17) is 0 Å². The van der Waals surface area contributed by atoms with E-state index in [2.05, 4.69) is 4.90 Å². The lowest BCUT2D eigenvalue weighted by Crippen LogP contribution is -2.47. The standard InChI is InChI=1S/C24H24N2O4/c27-22(28)16-26-23(29)20-8-4-3-7-19(20)21(24(26)30)15-17-9-11-18(12-10-17)25-13-5-1-2-6-14-25/h3-4,7-12,15H,1-2,5-6,13-14,16H2,(H,27,28)/p-1/b21-15-. The van der Waals surface area contributed by atoms with Gasteiger partial charge in [-0.2, -0.15) is 0 Å². The maximum Gasteiger partial charge on any atom is 0.261 e. The first-order valence-corrected chi connectivity index (χ1v) is 10.3. The van der Waals surface area contributed by atoms with E-state index in [1.54, 1.807) is 30.3 Å². The number of anilines is 1. The van der Waals surface area contributed by atoms with Crippen LogP contribution in [0, 0.1) is 0 Å². The van der Waals surface area contributed by atoms with Crippen molar-refractivity contribution in [3.05, 3.63) is 65.2 Å². The number of imide groups is 1. The first-order valence-electron chi connectivity index (χ1n) is 10.3. The van der Waals surface area contributed by atoms with Crippen LogP contribution in [0.4, 0.5) is 5.69 Å². The van der Waals surface area contributed by atoms with E-state index in [1.165, 1.54) is 25.7 Å². The van der Waals surface area contributed by atoms with Crippen molar-refractivity contribution in [2.45, 2.75) is 25.7 Å². The Morgan fingerprint density at radius 3 is 2.13 bits per heavy atom. The van der Waals surface area contributed by atoms with Gasteiger partial charge in [0.1, 0.15) is 0 Å². The summed E-state index contributed by atoms with van der Waals surface area (Å²) >= 11 is 0. The van der Waals surface area contributed by atoms with Crippen molar-refractivity contribution >= 4 is 35.1 Å². The quantitative estimate of drug-likeness (QED) is 0.578. The fourth-order valence-corrected chi connectivity index (χ4v) is 4.09. The third kappa shape index (κ3) is 3.99. The van der Waals surface area contributed by atoms with E-state index in [0.29, 0.717) is 16.7 Å². The zero-order chi connectivity index (χ0) is 21.1. The molecule has 2 aliphatic rings. The lowest BCUT2D eigenvalue weighted by atomic mass is 9.92. The predicted molar refractivity (Wildman–Crippen MR) is 112 cm³/mol. The molecule has 0 bridgehead atoms. The Morgan fingerprint density at radius 2 is 1.50 bits per heavy atom. The zero-order valence-electron chi connectivity index (χ0n) is 16.7. The molecule has 0 unspecified atom stereocenters. The van der Waals surface area contributed by atoms with Gasteiger partial charge in [0.25, 0.3) is 11.8 Å². The van der Waals surface area contributed by atoms with Gasteiger partial charge in [0.2, 0.25) is 0 Å². The van der Waals surface area contributed by atoms with Crippen molar-refractivity contribution < 1.29 is 19.5 Å². The number of hydrogen-bond acceptors (Lipinski definition) is 5. The number of fused-ring (bicyclic) bond motifs is 1. The molecule has 0 aliphatic carbocycles. The molecular formula is C24H23N2O4-. The molecule has 0 spiro atoms. The summed E-state index contributed by atoms with van der Waals surface area (Å²) < 4.78 is 0. The molecule has 0 saturated carbocycles. The highest BCUT2D eigenvalue weighted by Gasteiger charge is 2.34. The van der Waals surface area contributed by atoms with Crippen LogP contribution in [-0.2, 0) is 9.59 Å². The summed E-state index contributed by atoms with van der Waals surface area (Å²) in [7, 11) is 0. The van der Waals surface area contributed by atoms with Gasteiger partial charge in [0.15, 0.2) is 0 Å². The zero-order valence-corrected chi connectivity index (χ0v) is 16.7. The van der Waals surface area contributed by atoms with E-state index in [9.17, 15) is 19.5 Å². The van der Waals surface area contributed by atoms with Crippen LogP contribution in [0.1, 0.15) is 47.2 Å². The monoisotopic (exact) mass is 403 g/mol. The van der Waals surface area contributed by atoms with Crippen molar-refractivity contribution in [2.75, 3.05) is 24.5 Å². The molecule has 2 aromatic carbocycles. The van der Waals surface area contributed by atoms with Gasteiger partial charge < -0.3 is 14.8 Å². The molecule has 0 aromatic heterocycles. The average Bonchev–Trinajstić information content (AvgIpc) is 3.04. The maximum absolute atomic E-state index is 12.9. The Hall–Kier alpha value is -3.41. The molecule has 6 nitrogen and oxygen atoms in total. The molecule has 1 saturated heterocycles. The van der Waals surface area contributed by atoms with Gasteiger partial charge in [0, 0.05) is 29.9 Å². The first-order chi connectivity index (χ1) is 14.5. The summed E-state index contributed by atoms with van der Waals surface area (Å²) in [4.78, 5) is 39.7. The minimum Gasteiger partial charge on any atom is -0.548 e. The first kappa shape index (κ1) is 19.9. The Bertz CT molecular complexity index is 1000. The van der Waals surface area contributed by atoms with E-state index < -0.39 is 24.3 Å². The van der Waals surface area contributed by atoms with Gasteiger partial charge in [0.05, 0.1) is 12.5 Å². The minimum absolute atomic E-state index is 0.300. The second kappa shape index (κ2) is 8.53. The third-order valence-electron chi connectivity index (χ3n) is 5.63. The van der Waals surface area contributed by atoms with E-state index in [-0.39, 0.29) is 0 Å². The molecule has 30 heavy (non-hydrogen) atoms. The van der Waals surface area contributed by atoms with Crippen LogP contribution in [0.25, 0.3) is 11.6 Å². The van der Waals surface area contributed by atoms with Crippen LogP contribution in [0.3, 0.4) is 0 Å². The van der Waals surface area contributed by atoms with Crippen LogP contribution < -0.4 is 10.0 Å². The second-order valence-corrected chi connectivity index (χ2v) is 7.66. The Labute approximate surface area is 175 Å². The molecule has 4 rings (SSSR count). The van der Waals surface area contributed by atoms with Crippen molar-refractivity contribution in [1.29, 1.82) is 0 Å². The molecule has 154 valence electrons. The van der Waals surface area contributed by atoms with Gasteiger partial charge in [-0.15, -0.1) is 0 Å². The van der Waals surface area contributed by atoms with E-state index in [1.807, 2.05) is 24.3 Å². The lowest BCUT2D eigenvalue weighted by molar-refractivity contribution is -0.305. The van der Waals surface area contributed by atoms with Crippen LogP contribution >= 0.6 is 0 Å². The van der Waals surface area contributed by atoms with Gasteiger partial charge >= 0.3 is 0 Å². The van der Waals surface area contributed by atoms with Crippen molar-refractivity contribution in [1.82, 2.24) is 4.90 Å². The second-order valence-electron chi connectivity index (χ2n) is 7.66. The van der Waals surface area contributed by atoms with Crippen LogP contribution in [0.5, 0.6) is 0 Å². The van der Waals surface area contributed by atoms with Crippen molar-refractivity contribution in [2.24, 2.45) is 0 Å². The van der Waals surface area contributed by atoms with Crippen LogP contribution in [0.15, 0.2) is 48.5 Å². The molecule has 2 amide bonds. The maximum atomic E-state index is 12.9. The highest BCUT2D eigenvalue weighted by Crippen LogP contribution is 2.30. The van der Waals surface area contributed by atoms with Gasteiger partial charge in [-0.25, -0.2) is 0 Å². The third-order valence-corrected chi connectivity index (χ3v) is 5.63. The number of carbonyl (C=O) groups excluding carboxylic acids is 3. The topological polar surface area (TPSA) is 80.8 Å².